The summed E-state index contributed by atoms with van der Waals surface area (Å²) < 4.78 is 46.9. The maximum absolute atomic E-state index is 14.4. The molecule has 1 atom stereocenters. The van der Waals surface area contributed by atoms with Crippen molar-refractivity contribution in [3.05, 3.63) is 89.5 Å². The Bertz CT molecular complexity index is 1210. The molecule has 34 heavy (non-hydrogen) atoms. The average Bonchev–Trinajstić information content (AvgIpc) is 2.84. The summed E-state index contributed by atoms with van der Waals surface area (Å²) in [6.45, 7) is 6.13. The fourth-order valence-electron chi connectivity index (χ4n) is 3.41. The second kappa shape index (κ2) is 11.2. The number of benzene rings is 2. The number of hydrogen-bond donors (Lipinski definition) is 1. The second-order valence-electron chi connectivity index (χ2n) is 7.65. The third kappa shape index (κ3) is 5.98. The van der Waals surface area contributed by atoms with Crippen molar-refractivity contribution in [2.75, 3.05) is 13.1 Å². The minimum Gasteiger partial charge on any atom is -0.489 e. The maximum atomic E-state index is 14.4. The van der Waals surface area contributed by atoms with Crippen molar-refractivity contribution in [1.29, 1.82) is 0 Å². The fourth-order valence-corrected chi connectivity index (χ4v) is 4.90. The van der Waals surface area contributed by atoms with Gasteiger partial charge in [-0.3, -0.25) is 9.78 Å². The van der Waals surface area contributed by atoms with E-state index in [-0.39, 0.29) is 23.5 Å². The van der Waals surface area contributed by atoms with Crippen LogP contribution in [0.25, 0.3) is 0 Å². The number of rotatable bonds is 10. The molecule has 3 rings (SSSR count). The molecule has 0 aliphatic carbocycles. The highest BCUT2D eigenvalue weighted by Crippen LogP contribution is 2.22. The van der Waals surface area contributed by atoms with Crippen LogP contribution >= 0.6 is 0 Å². The molecule has 0 bridgehead atoms. The Morgan fingerprint density at radius 2 is 1.82 bits per heavy atom. The Morgan fingerprint density at radius 1 is 1.12 bits per heavy atom. The van der Waals surface area contributed by atoms with E-state index in [0.717, 1.165) is 23.3 Å². The van der Waals surface area contributed by atoms with Gasteiger partial charge in [-0.15, -0.1) is 0 Å². The molecule has 180 valence electrons. The lowest BCUT2D eigenvalue weighted by atomic mass is 10.1. The topological polar surface area (TPSA) is 88.6 Å². The fraction of sp³-hybridized carbons (Fsp3) is 0.280. The molecular weight excluding hydrogens is 457 g/mol. The summed E-state index contributed by atoms with van der Waals surface area (Å²) in [6.07, 6.45) is 3.42. The molecule has 2 aromatic carbocycles. The summed E-state index contributed by atoms with van der Waals surface area (Å²) in [6, 6.07) is 13.8. The molecule has 1 N–H and O–H groups in total. The van der Waals surface area contributed by atoms with Gasteiger partial charge in [0.05, 0.1) is 16.5 Å². The summed E-state index contributed by atoms with van der Waals surface area (Å²) in [7, 11) is -3.82. The van der Waals surface area contributed by atoms with Crippen molar-refractivity contribution in [3.63, 3.8) is 0 Å². The van der Waals surface area contributed by atoms with E-state index in [0.29, 0.717) is 12.4 Å². The summed E-state index contributed by atoms with van der Waals surface area (Å²) in [5.74, 6) is -0.827. The number of pyridine rings is 1. The van der Waals surface area contributed by atoms with Crippen LogP contribution in [0.5, 0.6) is 5.75 Å². The second-order valence-corrected chi connectivity index (χ2v) is 9.58. The average molecular weight is 486 g/mol. The van der Waals surface area contributed by atoms with Crippen LogP contribution in [0.15, 0.2) is 71.9 Å². The molecule has 1 heterocycles. The number of carbonyl (C=O) groups excluding carboxylic acids is 1. The molecule has 0 aliphatic rings. The molecule has 0 fully saturated rings. The van der Waals surface area contributed by atoms with Gasteiger partial charge < -0.3 is 10.1 Å². The van der Waals surface area contributed by atoms with Crippen LogP contribution in [-0.4, -0.2) is 36.7 Å². The lowest BCUT2D eigenvalue weighted by Gasteiger charge is -2.19. The lowest BCUT2D eigenvalue weighted by Crippen LogP contribution is -2.31. The third-order valence-electron chi connectivity index (χ3n) is 5.38. The number of ether oxygens (including phenoxy) is 1. The number of nitrogens with zero attached hydrogens (tertiary/aromatic N) is 2. The van der Waals surface area contributed by atoms with Crippen LogP contribution in [0.2, 0.25) is 0 Å². The minimum absolute atomic E-state index is 0.120. The Hall–Kier alpha value is -3.30. The molecule has 0 saturated heterocycles. The zero-order valence-electron chi connectivity index (χ0n) is 19.4. The Labute approximate surface area is 199 Å². The van der Waals surface area contributed by atoms with Crippen molar-refractivity contribution in [2.24, 2.45) is 0 Å². The van der Waals surface area contributed by atoms with Crippen LogP contribution in [0.4, 0.5) is 4.39 Å². The number of amides is 1. The van der Waals surface area contributed by atoms with Gasteiger partial charge >= 0.3 is 0 Å². The maximum Gasteiger partial charge on any atom is 0.254 e. The van der Waals surface area contributed by atoms with Crippen molar-refractivity contribution in [2.45, 2.75) is 38.3 Å². The van der Waals surface area contributed by atoms with Gasteiger partial charge in [0.1, 0.15) is 18.2 Å². The number of aromatic nitrogens is 1. The summed E-state index contributed by atoms with van der Waals surface area (Å²) in [4.78, 5) is 16.7. The van der Waals surface area contributed by atoms with Gasteiger partial charge in [-0.2, -0.15) is 4.31 Å². The SMILES string of the molecule is CCN(CC)S(=O)(=O)c1ccc(F)c(C(=O)NC(C)c2ccc(OCc3cccnc3)cc2)c1. The highest BCUT2D eigenvalue weighted by molar-refractivity contribution is 7.89. The first-order chi connectivity index (χ1) is 16.3. The molecule has 0 radical (unpaired) electrons. The Morgan fingerprint density at radius 3 is 2.44 bits per heavy atom. The highest BCUT2D eigenvalue weighted by atomic mass is 32.2. The van der Waals surface area contributed by atoms with E-state index in [1.165, 1.54) is 10.4 Å². The molecule has 7 nitrogen and oxygen atoms in total. The Kier molecular flexibility index (Phi) is 8.36. The van der Waals surface area contributed by atoms with Crippen molar-refractivity contribution >= 4 is 15.9 Å². The van der Waals surface area contributed by atoms with Crippen LogP contribution in [-0.2, 0) is 16.6 Å². The predicted molar refractivity (Wildman–Crippen MR) is 127 cm³/mol. The standard InChI is InChI=1S/C25H28FN3O4S/c1-4-29(5-2)34(31,32)22-12-13-24(26)23(15-22)25(30)28-18(3)20-8-10-21(11-9-20)33-17-19-7-6-14-27-16-19/h6-16,18H,4-5,17H2,1-3H3,(H,28,30). The van der Waals surface area contributed by atoms with E-state index >= 15 is 0 Å². The monoisotopic (exact) mass is 485 g/mol. The van der Waals surface area contributed by atoms with Crippen LogP contribution < -0.4 is 10.1 Å². The summed E-state index contributed by atoms with van der Waals surface area (Å²) >= 11 is 0. The lowest BCUT2D eigenvalue weighted by molar-refractivity contribution is 0.0935. The number of carbonyl (C=O) groups is 1. The third-order valence-corrected chi connectivity index (χ3v) is 7.43. The highest BCUT2D eigenvalue weighted by Gasteiger charge is 2.24. The van der Waals surface area contributed by atoms with Gasteiger partial charge in [-0.1, -0.05) is 32.0 Å². The van der Waals surface area contributed by atoms with Gasteiger partial charge in [-0.25, -0.2) is 12.8 Å². The molecule has 0 saturated carbocycles. The number of nitrogens with one attached hydrogen (secondary N) is 1. The summed E-state index contributed by atoms with van der Waals surface area (Å²) in [5, 5.41) is 2.73. The first kappa shape index (κ1) is 25.3. The molecule has 1 amide bonds. The van der Waals surface area contributed by atoms with E-state index in [1.807, 2.05) is 12.1 Å². The molecule has 1 aromatic heterocycles. The zero-order valence-corrected chi connectivity index (χ0v) is 20.2. The number of halogens is 1. The molecule has 0 aliphatic heterocycles. The van der Waals surface area contributed by atoms with Gasteiger partial charge in [0.2, 0.25) is 10.0 Å². The van der Waals surface area contributed by atoms with Gasteiger partial charge in [0.15, 0.2) is 0 Å². The quantitative estimate of drug-likeness (QED) is 0.462. The van der Waals surface area contributed by atoms with Crippen LogP contribution in [0.3, 0.4) is 0 Å². The number of sulfonamides is 1. The minimum atomic E-state index is -3.82. The zero-order chi connectivity index (χ0) is 24.7. The number of hydrogen-bond acceptors (Lipinski definition) is 5. The molecule has 9 heteroatoms. The first-order valence-corrected chi connectivity index (χ1v) is 12.4. The molecule has 1 unspecified atom stereocenters. The first-order valence-electron chi connectivity index (χ1n) is 11.0. The predicted octanol–water partition coefficient (Wildman–Crippen LogP) is 4.32. The van der Waals surface area contributed by atoms with Crippen LogP contribution in [0, 0.1) is 5.82 Å². The molecule has 0 spiro atoms. The largest absolute Gasteiger partial charge is 0.489 e. The summed E-state index contributed by atoms with van der Waals surface area (Å²) in [5.41, 5.74) is 1.41. The van der Waals surface area contributed by atoms with E-state index in [2.05, 4.69) is 10.3 Å². The normalized spacial score (nSPS) is 12.4. The van der Waals surface area contributed by atoms with E-state index in [1.54, 1.807) is 57.4 Å². The van der Waals surface area contributed by atoms with Crippen molar-refractivity contribution < 1.29 is 22.3 Å². The molecular formula is C25H28FN3O4S. The van der Waals surface area contributed by atoms with Gasteiger partial charge in [0, 0.05) is 31.0 Å². The van der Waals surface area contributed by atoms with Crippen molar-refractivity contribution in [1.82, 2.24) is 14.6 Å². The smallest absolute Gasteiger partial charge is 0.254 e. The van der Waals surface area contributed by atoms with E-state index < -0.39 is 27.8 Å². The van der Waals surface area contributed by atoms with Gasteiger partial charge in [0.25, 0.3) is 5.91 Å². The van der Waals surface area contributed by atoms with E-state index in [9.17, 15) is 17.6 Å². The Balaban J connectivity index is 1.69. The van der Waals surface area contributed by atoms with E-state index in [4.69, 9.17) is 4.74 Å². The van der Waals surface area contributed by atoms with Gasteiger partial charge in [-0.05, 0) is 48.9 Å². The molecule has 3 aromatic rings. The van der Waals surface area contributed by atoms with Crippen LogP contribution in [0.1, 0.15) is 48.3 Å². The van der Waals surface area contributed by atoms with Crippen molar-refractivity contribution in [3.8, 4) is 5.75 Å².